The first-order valence-electron chi connectivity index (χ1n) is 9.89. The fourth-order valence-corrected chi connectivity index (χ4v) is 3.66. The Hall–Kier alpha value is -4.24. The molecule has 2 amide bonds. The molecule has 0 bridgehead atoms. The second-order valence-electron chi connectivity index (χ2n) is 6.83. The van der Waals surface area contributed by atoms with Crippen LogP contribution in [-0.4, -0.2) is 41.3 Å². The van der Waals surface area contributed by atoms with Crippen LogP contribution in [0.3, 0.4) is 0 Å². The average molecular weight is 461 g/mol. The van der Waals surface area contributed by atoms with Gasteiger partial charge in [0.1, 0.15) is 17.0 Å². The van der Waals surface area contributed by atoms with E-state index in [2.05, 4.69) is 10.4 Å². The standard InChI is InChI=1S/C24H19N3O5S/c1-31-18-11-9-16(10-12-18)22-19(14-27(26-22)17-6-3-2-4-7-17)24(30)32-15-21(28)25-23(29)20-8-5-13-33-20/h2-14H,15H2,1H3,(H,25,28,29). The third-order valence-corrected chi connectivity index (χ3v) is 5.52. The first-order valence-corrected chi connectivity index (χ1v) is 10.8. The Labute approximate surface area is 193 Å². The number of thiophene rings is 1. The van der Waals surface area contributed by atoms with Crippen LogP contribution in [0.25, 0.3) is 16.9 Å². The molecule has 0 saturated carbocycles. The number of esters is 1. The number of carbonyl (C=O) groups is 3. The maximum absolute atomic E-state index is 12.9. The topological polar surface area (TPSA) is 99.5 Å². The molecule has 0 unspecified atom stereocenters. The number of nitrogens with zero attached hydrogens (tertiary/aromatic N) is 2. The molecular weight excluding hydrogens is 442 g/mol. The molecule has 0 aliphatic rings. The van der Waals surface area contributed by atoms with E-state index < -0.39 is 24.4 Å². The highest BCUT2D eigenvalue weighted by Gasteiger charge is 2.21. The second-order valence-corrected chi connectivity index (χ2v) is 7.78. The van der Waals surface area contributed by atoms with E-state index in [0.29, 0.717) is 21.9 Å². The Bertz CT molecular complexity index is 1270. The number of carbonyl (C=O) groups excluding carboxylic acids is 3. The van der Waals surface area contributed by atoms with Gasteiger partial charge in [-0.3, -0.25) is 14.9 Å². The molecule has 9 heteroatoms. The first-order chi connectivity index (χ1) is 16.0. The number of hydrogen-bond donors (Lipinski definition) is 1. The number of aromatic nitrogens is 2. The van der Waals surface area contributed by atoms with E-state index in [0.717, 1.165) is 5.69 Å². The van der Waals surface area contributed by atoms with E-state index in [1.165, 1.54) is 11.3 Å². The van der Waals surface area contributed by atoms with Gasteiger partial charge in [0.2, 0.25) is 0 Å². The summed E-state index contributed by atoms with van der Waals surface area (Å²) >= 11 is 1.21. The fraction of sp³-hybridized carbons (Fsp3) is 0.0833. The Morgan fingerprint density at radius 1 is 1.00 bits per heavy atom. The number of methoxy groups -OCH3 is 1. The van der Waals surface area contributed by atoms with Crippen molar-refractivity contribution in [1.82, 2.24) is 15.1 Å². The molecule has 0 fully saturated rings. The third-order valence-electron chi connectivity index (χ3n) is 4.65. The highest BCUT2D eigenvalue weighted by atomic mass is 32.1. The smallest absolute Gasteiger partial charge is 0.342 e. The van der Waals surface area contributed by atoms with Gasteiger partial charge in [0.25, 0.3) is 11.8 Å². The van der Waals surface area contributed by atoms with Gasteiger partial charge in [-0.15, -0.1) is 11.3 Å². The van der Waals surface area contributed by atoms with Crippen molar-refractivity contribution in [3.05, 3.63) is 88.7 Å². The summed E-state index contributed by atoms with van der Waals surface area (Å²) in [6.45, 7) is -0.603. The molecule has 0 aliphatic heterocycles. The highest BCUT2D eigenvalue weighted by molar-refractivity contribution is 7.12. The zero-order valence-corrected chi connectivity index (χ0v) is 18.4. The van der Waals surface area contributed by atoms with Crippen LogP contribution in [0.5, 0.6) is 5.75 Å². The van der Waals surface area contributed by atoms with Crippen molar-refractivity contribution in [2.24, 2.45) is 0 Å². The summed E-state index contributed by atoms with van der Waals surface area (Å²) < 4.78 is 11.9. The lowest BCUT2D eigenvalue weighted by molar-refractivity contribution is -0.123. The van der Waals surface area contributed by atoms with Gasteiger partial charge in [0.15, 0.2) is 6.61 Å². The van der Waals surface area contributed by atoms with Crippen molar-refractivity contribution in [2.75, 3.05) is 13.7 Å². The number of rotatable bonds is 7. The van der Waals surface area contributed by atoms with Crippen LogP contribution in [0.1, 0.15) is 20.0 Å². The summed E-state index contributed by atoms with van der Waals surface area (Å²) in [6, 6.07) is 19.7. The van der Waals surface area contributed by atoms with Gasteiger partial charge in [-0.05, 0) is 47.8 Å². The molecule has 166 valence electrons. The van der Waals surface area contributed by atoms with Gasteiger partial charge in [0.05, 0.1) is 17.7 Å². The summed E-state index contributed by atoms with van der Waals surface area (Å²) in [7, 11) is 1.57. The summed E-state index contributed by atoms with van der Waals surface area (Å²) in [4.78, 5) is 37.3. The van der Waals surface area contributed by atoms with E-state index in [-0.39, 0.29) is 5.56 Å². The minimum atomic E-state index is -0.735. The lowest BCUT2D eigenvalue weighted by Crippen LogP contribution is -2.33. The Kier molecular flexibility index (Phi) is 6.61. The number of ether oxygens (including phenoxy) is 2. The highest BCUT2D eigenvalue weighted by Crippen LogP contribution is 2.26. The zero-order chi connectivity index (χ0) is 23.2. The number of imide groups is 1. The van der Waals surface area contributed by atoms with E-state index >= 15 is 0 Å². The molecule has 0 saturated heterocycles. The molecule has 2 aromatic carbocycles. The molecule has 0 aliphatic carbocycles. The largest absolute Gasteiger partial charge is 0.497 e. The van der Waals surface area contributed by atoms with E-state index in [4.69, 9.17) is 9.47 Å². The molecule has 2 aromatic heterocycles. The minimum absolute atomic E-state index is 0.182. The number of nitrogens with one attached hydrogen (secondary N) is 1. The molecule has 0 atom stereocenters. The average Bonchev–Trinajstić information content (AvgIpc) is 3.54. The van der Waals surface area contributed by atoms with Gasteiger partial charge >= 0.3 is 5.97 Å². The number of benzene rings is 2. The summed E-state index contributed by atoms with van der Waals surface area (Å²) in [5.41, 5.74) is 2.00. The predicted molar refractivity (Wildman–Crippen MR) is 123 cm³/mol. The van der Waals surface area contributed by atoms with Crippen molar-refractivity contribution >= 4 is 29.1 Å². The first kappa shape index (κ1) is 22.0. The van der Waals surface area contributed by atoms with Gasteiger partial charge in [0, 0.05) is 11.8 Å². The van der Waals surface area contributed by atoms with Gasteiger partial charge in [-0.1, -0.05) is 24.3 Å². The number of hydrogen-bond acceptors (Lipinski definition) is 7. The van der Waals surface area contributed by atoms with Crippen LogP contribution >= 0.6 is 11.3 Å². The normalized spacial score (nSPS) is 10.5. The van der Waals surface area contributed by atoms with Crippen LogP contribution in [0, 0.1) is 0 Å². The van der Waals surface area contributed by atoms with Gasteiger partial charge < -0.3 is 9.47 Å². The molecule has 0 radical (unpaired) electrons. The quantitative estimate of drug-likeness (QED) is 0.421. The molecule has 0 spiro atoms. The minimum Gasteiger partial charge on any atom is -0.497 e. The van der Waals surface area contributed by atoms with Crippen molar-refractivity contribution in [1.29, 1.82) is 0 Å². The van der Waals surface area contributed by atoms with Crippen molar-refractivity contribution in [3.8, 4) is 22.7 Å². The van der Waals surface area contributed by atoms with Crippen molar-refractivity contribution in [2.45, 2.75) is 0 Å². The Morgan fingerprint density at radius 3 is 2.42 bits per heavy atom. The van der Waals surface area contributed by atoms with E-state index in [9.17, 15) is 14.4 Å². The van der Waals surface area contributed by atoms with Gasteiger partial charge in [-0.2, -0.15) is 5.10 Å². The zero-order valence-electron chi connectivity index (χ0n) is 17.6. The molecule has 1 N–H and O–H groups in total. The van der Waals surface area contributed by atoms with Crippen LogP contribution in [0.4, 0.5) is 0 Å². The summed E-state index contributed by atoms with van der Waals surface area (Å²) in [5.74, 6) is -1.33. The maximum Gasteiger partial charge on any atom is 0.342 e. The summed E-state index contributed by atoms with van der Waals surface area (Å²) in [5, 5.41) is 8.48. The van der Waals surface area contributed by atoms with Crippen LogP contribution < -0.4 is 10.1 Å². The van der Waals surface area contributed by atoms with Gasteiger partial charge in [-0.25, -0.2) is 9.48 Å². The van der Waals surface area contributed by atoms with E-state index in [1.807, 2.05) is 30.3 Å². The monoisotopic (exact) mass is 461 g/mol. The number of amides is 2. The molecule has 8 nitrogen and oxygen atoms in total. The second kappa shape index (κ2) is 9.92. The van der Waals surface area contributed by atoms with Crippen LogP contribution in [0.2, 0.25) is 0 Å². The Balaban J connectivity index is 1.54. The SMILES string of the molecule is COc1ccc(-c2nn(-c3ccccc3)cc2C(=O)OCC(=O)NC(=O)c2cccs2)cc1. The Morgan fingerprint density at radius 2 is 1.76 bits per heavy atom. The molecule has 4 rings (SSSR count). The molecule has 2 heterocycles. The van der Waals surface area contributed by atoms with Crippen LogP contribution in [0.15, 0.2) is 78.3 Å². The summed E-state index contributed by atoms with van der Waals surface area (Å²) in [6.07, 6.45) is 1.55. The predicted octanol–water partition coefficient (Wildman–Crippen LogP) is 3.72. The molecule has 4 aromatic rings. The maximum atomic E-state index is 12.9. The third kappa shape index (κ3) is 5.16. The molecular formula is C24H19N3O5S. The molecule has 33 heavy (non-hydrogen) atoms. The number of para-hydroxylation sites is 1. The lowest BCUT2D eigenvalue weighted by Gasteiger charge is -2.06. The lowest BCUT2D eigenvalue weighted by atomic mass is 10.1. The van der Waals surface area contributed by atoms with Crippen molar-refractivity contribution < 1.29 is 23.9 Å². The van der Waals surface area contributed by atoms with Crippen molar-refractivity contribution in [3.63, 3.8) is 0 Å². The fourth-order valence-electron chi connectivity index (χ4n) is 3.04. The van der Waals surface area contributed by atoms with Crippen LogP contribution in [-0.2, 0) is 9.53 Å². The van der Waals surface area contributed by atoms with E-state index in [1.54, 1.807) is 59.8 Å².